The van der Waals surface area contributed by atoms with Crippen LogP contribution >= 0.6 is 0 Å². The number of quaternary nitrogens is 1. The van der Waals surface area contributed by atoms with Crippen LogP contribution in [0.4, 0.5) is 4.79 Å². The monoisotopic (exact) mass is 384 g/mol. The van der Waals surface area contributed by atoms with Crippen LogP contribution in [0, 0.1) is 5.41 Å². The lowest BCUT2D eigenvalue weighted by Gasteiger charge is -2.24. The Bertz CT molecular complexity index is 372. The summed E-state index contributed by atoms with van der Waals surface area (Å²) >= 11 is 0. The zero-order valence-corrected chi connectivity index (χ0v) is 18.1. The standard InChI is InChI=1S/C22H45N3O2/c1-3-4-5-6-7-8-9-10-11-12-13-14-15-16-17-18-19-20-25(2,21(23)24)22(26)27/h3-20H2,1-2H3,(H3-,23,24,26,27)/p+1. The fourth-order valence-electron chi connectivity index (χ4n) is 3.47. The highest BCUT2D eigenvalue weighted by molar-refractivity contribution is 5.78. The van der Waals surface area contributed by atoms with Gasteiger partial charge in [-0.15, -0.1) is 0 Å². The van der Waals surface area contributed by atoms with E-state index < -0.39 is 10.6 Å². The molecule has 1 amide bonds. The van der Waals surface area contributed by atoms with Gasteiger partial charge in [0.25, 0.3) is 0 Å². The highest BCUT2D eigenvalue weighted by Crippen LogP contribution is 2.14. The molecular formula is C22H46N3O2+. The molecule has 5 nitrogen and oxygen atoms in total. The fourth-order valence-corrected chi connectivity index (χ4v) is 3.47. The van der Waals surface area contributed by atoms with Crippen molar-refractivity contribution < 1.29 is 14.4 Å². The van der Waals surface area contributed by atoms with Crippen molar-refractivity contribution in [2.45, 2.75) is 116 Å². The van der Waals surface area contributed by atoms with Crippen LogP contribution in [0.5, 0.6) is 0 Å². The molecule has 27 heavy (non-hydrogen) atoms. The maximum atomic E-state index is 11.2. The minimum Gasteiger partial charge on any atom is -0.435 e. The minimum atomic E-state index is -1.04. The Hall–Kier alpha value is -1.10. The number of nitrogens with two attached hydrogens (primary N) is 1. The predicted molar refractivity (Wildman–Crippen MR) is 115 cm³/mol. The smallest absolute Gasteiger partial charge is 0.435 e. The first kappa shape index (κ1) is 25.9. The van der Waals surface area contributed by atoms with Crippen LogP contribution in [0.3, 0.4) is 0 Å². The van der Waals surface area contributed by atoms with E-state index in [1.165, 1.54) is 96.9 Å². The molecule has 160 valence electrons. The van der Waals surface area contributed by atoms with Gasteiger partial charge in [-0.1, -0.05) is 103 Å². The summed E-state index contributed by atoms with van der Waals surface area (Å²) in [6.07, 6.45) is 21.2. The van der Waals surface area contributed by atoms with Crippen molar-refractivity contribution in [1.82, 2.24) is 0 Å². The second kappa shape index (κ2) is 17.0. The van der Waals surface area contributed by atoms with Crippen molar-refractivity contribution in [3.8, 4) is 0 Å². The number of unbranched alkanes of at least 4 members (excludes halogenated alkanes) is 16. The molecule has 0 spiro atoms. The second-order valence-electron chi connectivity index (χ2n) is 8.24. The molecule has 0 aromatic carbocycles. The topological polar surface area (TPSA) is 87.2 Å². The first-order chi connectivity index (χ1) is 12.9. The van der Waals surface area contributed by atoms with Gasteiger partial charge in [0.2, 0.25) is 0 Å². The molecule has 0 aliphatic carbocycles. The van der Waals surface area contributed by atoms with Crippen LogP contribution in [-0.4, -0.2) is 35.2 Å². The number of nitrogens with one attached hydrogen (secondary N) is 1. The summed E-state index contributed by atoms with van der Waals surface area (Å²) in [6, 6.07) is 0. The van der Waals surface area contributed by atoms with Crippen molar-refractivity contribution >= 4 is 12.1 Å². The molecule has 0 aliphatic rings. The SMILES string of the molecule is CCCCCCCCCCCCCCCCCCC[N+](C)(C(=N)N)C(=O)O. The first-order valence-electron chi connectivity index (χ1n) is 11.4. The van der Waals surface area contributed by atoms with Crippen molar-refractivity contribution in [3.63, 3.8) is 0 Å². The summed E-state index contributed by atoms with van der Waals surface area (Å²) in [6.45, 7) is 2.68. The van der Waals surface area contributed by atoms with E-state index in [0.717, 1.165) is 19.3 Å². The van der Waals surface area contributed by atoms with Crippen LogP contribution in [0.1, 0.15) is 116 Å². The van der Waals surface area contributed by atoms with Gasteiger partial charge in [-0.05, 0) is 12.8 Å². The fraction of sp³-hybridized carbons (Fsp3) is 0.909. The van der Waals surface area contributed by atoms with E-state index in [1.54, 1.807) is 0 Å². The number of carboxylic acid groups (broad SMARTS) is 1. The van der Waals surface area contributed by atoms with Crippen LogP contribution in [-0.2, 0) is 0 Å². The molecule has 0 rings (SSSR count). The highest BCUT2D eigenvalue weighted by atomic mass is 16.4. The number of rotatable bonds is 18. The number of hydrogen-bond donors (Lipinski definition) is 3. The van der Waals surface area contributed by atoms with Gasteiger partial charge in [-0.25, -0.2) is 5.41 Å². The average Bonchev–Trinajstić information content (AvgIpc) is 2.63. The molecule has 0 aliphatic heterocycles. The molecule has 0 aromatic rings. The van der Waals surface area contributed by atoms with Crippen molar-refractivity contribution in [2.24, 2.45) is 5.73 Å². The second-order valence-corrected chi connectivity index (χ2v) is 8.24. The maximum Gasteiger partial charge on any atom is 0.521 e. The Balaban J connectivity index is 3.32. The maximum absolute atomic E-state index is 11.2. The van der Waals surface area contributed by atoms with Crippen LogP contribution in [0.15, 0.2) is 0 Å². The lowest BCUT2D eigenvalue weighted by Crippen LogP contribution is -2.56. The Morgan fingerprint density at radius 3 is 1.30 bits per heavy atom. The van der Waals surface area contributed by atoms with E-state index in [0.29, 0.717) is 6.54 Å². The van der Waals surface area contributed by atoms with Crippen LogP contribution in [0.25, 0.3) is 0 Å². The predicted octanol–water partition coefficient (Wildman–Crippen LogP) is 6.66. The number of nitrogens with zero attached hydrogens (tertiary/aromatic N) is 1. The number of carbonyl (C=O) groups is 1. The van der Waals surface area contributed by atoms with Gasteiger partial charge in [-0.2, -0.15) is 9.28 Å². The summed E-state index contributed by atoms with van der Waals surface area (Å²) in [4.78, 5) is 11.2. The molecule has 0 radical (unpaired) electrons. The summed E-state index contributed by atoms with van der Waals surface area (Å²) in [7, 11) is 1.50. The Morgan fingerprint density at radius 2 is 1.04 bits per heavy atom. The van der Waals surface area contributed by atoms with E-state index in [2.05, 4.69) is 6.92 Å². The van der Waals surface area contributed by atoms with E-state index >= 15 is 0 Å². The summed E-state index contributed by atoms with van der Waals surface area (Å²) in [5.74, 6) is -0.293. The minimum absolute atomic E-state index is 0.293. The van der Waals surface area contributed by atoms with Gasteiger partial charge >= 0.3 is 12.1 Å². The van der Waals surface area contributed by atoms with Crippen molar-refractivity contribution in [2.75, 3.05) is 13.6 Å². The van der Waals surface area contributed by atoms with E-state index in [-0.39, 0.29) is 5.96 Å². The Morgan fingerprint density at radius 1 is 0.741 bits per heavy atom. The highest BCUT2D eigenvalue weighted by Gasteiger charge is 2.35. The van der Waals surface area contributed by atoms with Gasteiger partial charge in [0.1, 0.15) is 0 Å². The molecule has 0 heterocycles. The summed E-state index contributed by atoms with van der Waals surface area (Å²) < 4.78 is -0.487. The summed E-state index contributed by atoms with van der Waals surface area (Å²) in [5, 5.41) is 16.6. The van der Waals surface area contributed by atoms with Crippen LogP contribution < -0.4 is 5.73 Å². The molecule has 1 atom stereocenters. The normalized spacial score (nSPS) is 13.4. The van der Waals surface area contributed by atoms with E-state index in [4.69, 9.17) is 11.1 Å². The third-order valence-electron chi connectivity index (χ3n) is 5.66. The van der Waals surface area contributed by atoms with Crippen molar-refractivity contribution in [1.29, 1.82) is 5.41 Å². The first-order valence-corrected chi connectivity index (χ1v) is 11.4. The lowest BCUT2D eigenvalue weighted by molar-refractivity contribution is -0.747. The van der Waals surface area contributed by atoms with Crippen molar-refractivity contribution in [3.05, 3.63) is 0 Å². The zero-order chi connectivity index (χ0) is 20.4. The van der Waals surface area contributed by atoms with Gasteiger partial charge in [0.05, 0.1) is 13.6 Å². The zero-order valence-electron chi connectivity index (χ0n) is 18.1. The van der Waals surface area contributed by atoms with E-state index in [1.807, 2.05) is 0 Å². The molecule has 0 saturated heterocycles. The Kier molecular flexibility index (Phi) is 16.3. The molecule has 1 unspecified atom stereocenters. The van der Waals surface area contributed by atoms with Gasteiger partial charge in [0.15, 0.2) is 0 Å². The van der Waals surface area contributed by atoms with Gasteiger partial charge < -0.3 is 10.8 Å². The molecule has 0 saturated carbocycles. The largest absolute Gasteiger partial charge is 0.521 e. The summed E-state index contributed by atoms with van der Waals surface area (Å²) in [5.41, 5.74) is 5.42. The number of amides is 1. The lowest BCUT2D eigenvalue weighted by atomic mass is 10.0. The molecular weight excluding hydrogens is 338 g/mol. The third-order valence-corrected chi connectivity index (χ3v) is 5.66. The Labute approximate surface area is 167 Å². The molecule has 4 N–H and O–H groups in total. The van der Waals surface area contributed by atoms with Gasteiger partial charge in [-0.3, -0.25) is 0 Å². The quantitative estimate of drug-likeness (QED) is 0.107. The molecule has 0 aromatic heterocycles. The van der Waals surface area contributed by atoms with Crippen LogP contribution in [0.2, 0.25) is 0 Å². The molecule has 0 fully saturated rings. The van der Waals surface area contributed by atoms with Gasteiger partial charge in [0, 0.05) is 0 Å². The average molecular weight is 385 g/mol. The van der Waals surface area contributed by atoms with E-state index in [9.17, 15) is 9.90 Å². The number of guanidine groups is 1. The third kappa shape index (κ3) is 13.7. The molecule has 0 bridgehead atoms. The number of hydrogen-bond acceptors (Lipinski definition) is 2. The molecule has 5 heteroatoms.